The van der Waals surface area contributed by atoms with Gasteiger partial charge >= 0.3 is 0 Å². The van der Waals surface area contributed by atoms with E-state index < -0.39 is 0 Å². The van der Waals surface area contributed by atoms with E-state index in [-0.39, 0.29) is 0 Å². The first kappa shape index (κ1) is 8.10. The van der Waals surface area contributed by atoms with Crippen LogP contribution in [0.1, 0.15) is 12.5 Å². The van der Waals surface area contributed by atoms with Gasteiger partial charge in [0.05, 0.1) is 18.8 Å². The molecule has 13 heavy (non-hydrogen) atoms. The largest absolute Gasteiger partial charge is 0.482 e. The highest BCUT2D eigenvalue weighted by Crippen LogP contribution is 2.20. The first-order chi connectivity index (χ1) is 6.36. The molecule has 0 unspecified atom stereocenters. The van der Waals surface area contributed by atoms with Crippen molar-refractivity contribution in [1.82, 2.24) is 9.38 Å². The maximum atomic E-state index is 5.33. The third-order valence-electron chi connectivity index (χ3n) is 2.19. The van der Waals surface area contributed by atoms with Crippen molar-refractivity contribution in [2.24, 2.45) is 0 Å². The van der Waals surface area contributed by atoms with Gasteiger partial charge in [0.15, 0.2) is 0 Å². The molecule has 0 aliphatic heterocycles. The van der Waals surface area contributed by atoms with Crippen molar-refractivity contribution in [2.45, 2.75) is 13.3 Å². The Labute approximate surface area is 77.0 Å². The highest BCUT2D eigenvalue weighted by Gasteiger charge is 2.05. The predicted molar refractivity (Wildman–Crippen MR) is 51.1 cm³/mol. The van der Waals surface area contributed by atoms with E-state index in [4.69, 9.17) is 4.74 Å². The van der Waals surface area contributed by atoms with Crippen molar-refractivity contribution in [3.05, 3.63) is 30.2 Å². The average Bonchev–Trinajstić information content (AvgIpc) is 2.63. The Bertz CT molecular complexity index is 420. The summed E-state index contributed by atoms with van der Waals surface area (Å²) in [5, 5.41) is 0. The third-order valence-corrected chi connectivity index (χ3v) is 2.19. The molecule has 3 heteroatoms. The van der Waals surface area contributed by atoms with E-state index in [0.717, 1.165) is 17.8 Å². The molecule has 0 aliphatic rings. The number of aromatic nitrogens is 2. The van der Waals surface area contributed by atoms with Gasteiger partial charge in [-0.1, -0.05) is 13.0 Å². The fourth-order valence-electron chi connectivity index (χ4n) is 1.51. The van der Waals surface area contributed by atoms with E-state index in [1.54, 1.807) is 13.4 Å². The molecule has 68 valence electrons. The number of pyridine rings is 1. The smallest absolute Gasteiger partial charge is 0.202 e. The first-order valence-corrected chi connectivity index (χ1v) is 4.34. The summed E-state index contributed by atoms with van der Waals surface area (Å²) in [5.41, 5.74) is 2.27. The molecule has 0 saturated heterocycles. The molecule has 2 aromatic rings. The number of ether oxygens (including phenoxy) is 1. The fourth-order valence-corrected chi connectivity index (χ4v) is 1.51. The van der Waals surface area contributed by atoms with E-state index >= 15 is 0 Å². The Kier molecular flexibility index (Phi) is 1.93. The van der Waals surface area contributed by atoms with Gasteiger partial charge in [-0.25, -0.2) is 4.98 Å². The van der Waals surface area contributed by atoms with Crippen LogP contribution in [-0.2, 0) is 6.42 Å². The van der Waals surface area contributed by atoms with Gasteiger partial charge in [-0.15, -0.1) is 0 Å². The van der Waals surface area contributed by atoms with E-state index in [1.807, 2.05) is 16.7 Å². The van der Waals surface area contributed by atoms with Crippen LogP contribution in [0.15, 0.2) is 24.7 Å². The molecular weight excluding hydrogens is 164 g/mol. The highest BCUT2D eigenvalue weighted by molar-refractivity contribution is 5.50. The van der Waals surface area contributed by atoms with E-state index in [1.165, 1.54) is 5.56 Å². The Morgan fingerprint density at radius 2 is 2.31 bits per heavy atom. The zero-order valence-corrected chi connectivity index (χ0v) is 7.82. The molecule has 0 aliphatic carbocycles. The second-order valence-corrected chi connectivity index (χ2v) is 2.91. The van der Waals surface area contributed by atoms with Crippen LogP contribution in [0.2, 0.25) is 0 Å². The zero-order valence-electron chi connectivity index (χ0n) is 7.82. The highest BCUT2D eigenvalue weighted by atomic mass is 16.5. The summed E-state index contributed by atoms with van der Waals surface area (Å²) in [6, 6.07) is 4.13. The Balaban J connectivity index is 2.74. The Hall–Kier alpha value is -1.51. The maximum absolute atomic E-state index is 5.33. The average molecular weight is 176 g/mol. The molecule has 0 radical (unpaired) electrons. The number of aryl methyl sites for hydroxylation is 1. The molecule has 2 rings (SSSR count). The van der Waals surface area contributed by atoms with Crippen molar-refractivity contribution in [2.75, 3.05) is 7.11 Å². The van der Waals surface area contributed by atoms with Crippen LogP contribution in [0.5, 0.6) is 5.88 Å². The minimum atomic E-state index is 0.887. The molecule has 0 fully saturated rings. The summed E-state index contributed by atoms with van der Waals surface area (Å²) in [6.07, 6.45) is 4.56. The standard InChI is InChI=1S/C10H12N2O/c1-3-8-4-5-9-6-11-7-12(9)10(8)13-2/h4-7H,3H2,1-2H3. The number of hydrogen-bond acceptors (Lipinski definition) is 2. The molecule has 0 spiro atoms. The van der Waals surface area contributed by atoms with Gasteiger partial charge in [0.2, 0.25) is 5.88 Å². The summed E-state index contributed by atoms with van der Waals surface area (Å²) >= 11 is 0. The second kappa shape index (κ2) is 3.09. The molecule has 0 bridgehead atoms. The molecule has 2 heterocycles. The molecular formula is C10H12N2O. The van der Waals surface area contributed by atoms with Crippen molar-refractivity contribution in [1.29, 1.82) is 0 Å². The lowest BCUT2D eigenvalue weighted by atomic mass is 10.2. The number of imidazole rings is 1. The van der Waals surface area contributed by atoms with Crippen molar-refractivity contribution < 1.29 is 4.74 Å². The zero-order chi connectivity index (χ0) is 9.26. The molecule has 2 aromatic heterocycles. The van der Waals surface area contributed by atoms with E-state index in [0.29, 0.717) is 0 Å². The molecule has 0 atom stereocenters. The van der Waals surface area contributed by atoms with Crippen LogP contribution in [0.4, 0.5) is 0 Å². The van der Waals surface area contributed by atoms with Crippen LogP contribution < -0.4 is 4.74 Å². The quantitative estimate of drug-likeness (QED) is 0.698. The van der Waals surface area contributed by atoms with Crippen molar-refractivity contribution >= 4 is 5.52 Å². The van der Waals surface area contributed by atoms with Gasteiger partial charge < -0.3 is 4.74 Å². The second-order valence-electron chi connectivity index (χ2n) is 2.91. The van der Waals surface area contributed by atoms with Gasteiger partial charge in [-0.2, -0.15) is 0 Å². The summed E-state index contributed by atoms with van der Waals surface area (Å²) in [4.78, 5) is 4.07. The summed E-state index contributed by atoms with van der Waals surface area (Å²) in [5.74, 6) is 0.887. The number of nitrogens with zero attached hydrogens (tertiary/aromatic N) is 2. The monoisotopic (exact) mass is 176 g/mol. The van der Waals surface area contributed by atoms with E-state index in [2.05, 4.69) is 18.0 Å². The van der Waals surface area contributed by atoms with Crippen LogP contribution >= 0.6 is 0 Å². The lowest BCUT2D eigenvalue weighted by Gasteiger charge is -2.08. The molecule has 0 amide bonds. The summed E-state index contributed by atoms with van der Waals surface area (Å²) in [7, 11) is 1.69. The number of rotatable bonds is 2. The SMILES string of the molecule is CCc1ccc2cncn2c1OC. The molecule has 3 nitrogen and oxygen atoms in total. The van der Waals surface area contributed by atoms with Gasteiger partial charge in [0.25, 0.3) is 0 Å². The third kappa shape index (κ3) is 1.16. The van der Waals surface area contributed by atoms with Crippen molar-refractivity contribution in [3.8, 4) is 5.88 Å². The lowest BCUT2D eigenvalue weighted by Crippen LogP contribution is -1.97. The van der Waals surface area contributed by atoms with Gasteiger partial charge in [0, 0.05) is 5.56 Å². The summed E-state index contributed by atoms with van der Waals surface area (Å²) < 4.78 is 7.29. The van der Waals surface area contributed by atoms with Gasteiger partial charge in [0.1, 0.15) is 6.33 Å². The maximum Gasteiger partial charge on any atom is 0.202 e. The number of hydrogen-bond donors (Lipinski definition) is 0. The van der Waals surface area contributed by atoms with Crippen LogP contribution in [0.25, 0.3) is 5.52 Å². The topological polar surface area (TPSA) is 26.5 Å². The van der Waals surface area contributed by atoms with E-state index in [9.17, 15) is 0 Å². The van der Waals surface area contributed by atoms with Gasteiger partial charge in [-0.05, 0) is 12.5 Å². The normalized spacial score (nSPS) is 10.6. The molecule has 0 N–H and O–H groups in total. The number of fused-ring (bicyclic) bond motifs is 1. The molecule has 0 aromatic carbocycles. The Morgan fingerprint density at radius 3 is 3.00 bits per heavy atom. The van der Waals surface area contributed by atoms with Crippen LogP contribution in [0.3, 0.4) is 0 Å². The number of methoxy groups -OCH3 is 1. The summed E-state index contributed by atoms with van der Waals surface area (Å²) in [6.45, 7) is 2.11. The van der Waals surface area contributed by atoms with Crippen LogP contribution in [0, 0.1) is 0 Å². The fraction of sp³-hybridized carbons (Fsp3) is 0.300. The van der Waals surface area contributed by atoms with Crippen molar-refractivity contribution in [3.63, 3.8) is 0 Å². The Morgan fingerprint density at radius 1 is 1.46 bits per heavy atom. The minimum Gasteiger partial charge on any atom is -0.482 e. The predicted octanol–water partition coefficient (Wildman–Crippen LogP) is 1.91. The molecule has 0 saturated carbocycles. The van der Waals surface area contributed by atoms with Crippen LogP contribution in [-0.4, -0.2) is 16.5 Å². The minimum absolute atomic E-state index is 0.887. The lowest BCUT2D eigenvalue weighted by molar-refractivity contribution is 0.387. The van der Waals surface area contributed by atoms with Gasteiger partial charge in [-0.3, -0.25) is 4.40 Å². The first-order valence-electron chi connectivity index (χ1n) is 4.34.